The van der Waals surface area contributed by atoms with Crippen molar-refractivity contribution < 1.29 is 4.79 Å². The highest BCUT2D eigenvalue weighted by atomic mass is 16.2. The summed E-state index contributed by atoms with van der Waals surface area (Å²) in [6, 6.07) is 8.37. The van der Waals surface area contributed by atoms with Gasteiger partial charge in [0.15, 0.2) is 0 Å². The second-order valence-corrected chi connectivity index (χ2v) is 6.01. The van der Waals surface area contributed by atoms with Gasteiger partial charge < -0.3 is 10.2 Å². The monoisotopic (exact) mass is 274 g/mol. The maximum absolute atomic E-state index is 12.4. The molecule has 110 valence electrons. The molecule has 3 heteroatoms. The van der Waals surface area contributed by atoms with Crippen LogP contribution in [0.1, 0.15) is 36.8 Å². The number of nitrogens with one attached hydrogen (secondary N) is 1. The van der Waals surface area contributed by atoms with Crippen LogP contribution < -0.4 is 5.32 Å². The summed E-state index contributed by atoms with van der Waals surface area (Å²) in [5, 5.41) is 3.21. The lowest BCUT2D eigenvalue weighted by Gasteiger charge is -2.20. The maximum atomic E-state index is 12.4. The summed E-state index contributed by atoms with van der Waals surface area (Å²) >= 11 is 0. The van der Waals surface area contributed by atoms with Crippen LogP contribution in [0.4, 0.5) is 0 Å². The molecule has 2 rings (SSSR count). The van der Waals surface area contributed by atoms with Crippen LogP contribution in [0.15, 0.2) is 24.3 Å². The van der Waals surface area contributed by atoms with E-state index in [4.69, 9.17) is 0 Å². The molecule has 0 saturated carbocycles. The number of benzene rings is 1. The van der Waals surface area contributed by atoms with Gasteiger partial charge in [-0.2, -0.15) is 0 Å². The van der Waals surface area contributed by atoms with E-state index in [1.807, 2.05) is 11.9 Å². The molecule has 1 aliphatic heterocycles. The van der Waals surface area contributed by atoms with Crippen molar-refractivity contribution in [2.45, 2.75) is 32.6 Å². The van der Waals surface area contributed by atoms with E-state index < -0.39 is 0 Å². The lowest BCUT2D eigenvalue weighted by Crippen LogP contribution is -2.31. The lowest BCUT2D eigenvalue weighted by atomic mass is 9.93. The van der Waals surface area contributed by atoms with Crippen LogP contribution in [0, 0.1) is 12.8 Å². The molecule has 20 heavy (non-hydrogen) atoms. The van der Waals surface area contributed by atoms with Gasteiger partial charge in [-0.3, -0.25) is 4.79 Å². The zero-order valence-electron chi connectivity index (χ0n) is 12.9. The summed E-state index contributed by atoms with van der Waals surface area (Å²) < 4.78 is 0. The highest BCUT2D eigenvalue weighted by Gasteiger charge is 2.26. The summed E-state index contributed by atoms with van der Waals surface area (Å²) in [5.74, 6) is 1.23. The minimum absolute atomic E-state index is 0.298. The molecule has 3 nitrogen and oxygen atoms in total. The minimum atomic E-state index is 0.298. The van der Waals surface area contributed by atoms with E-state index in [9.17, 15) is 4.79 Å². The first-order chi connectivity index (χ1) is 9.61. The summed E-state index contributed by atoms with van der Waals surface area (Å²) in [4.78, 5) is 14.4. The molecule has 0 spiro atoms. The number of hydrogen-bond donors (Lipinski definition) is 1. The van der Waals surface area contributed by atoms with Crippen LogP contribution in [0.3, 0.4) is 0 Å². The van der Waals surface area contributed by atoms with E-state index in [1.54, 1.807) is 0 Å². The standard InChI is InChI=1S/C17H26N2O/c1-13-6-4-5-7-16(13)14(2)10-17(20)19-9-8-15(12-19)11-18-3/h4-7,14-15,18H,8-12H2,1-3H3/t14-,15-/m0/s1. The zero-order chi connectivity index (χ0) is 14.5. The van der Waals surface area contributed by atoms with Crippen molar-refractivity contribution in [3.8, 4) is 0 Å². The average molecular weight is 274 g/mol. The number of nitrogens with zero attached hydrogens (tertiary/aromatic N) is 1. The zero-order valence-corrected chi connectivity index (χ0v) is 12.9. The third-order valence-electron chi connectivity index (χ3n) is 4.33. The van der Waals surface area contributed by atoms with Gasteiger partial charge in [-0.15, -0.1) is 0 Å². The van der Waals surface area contributed by atoms with Crippen molar-refractivity contribution in [2.24, 2.45) is 5.92 Å². The Kier molecular flexibility index (Phi) is 5.18. The van der Waals surface area contributed by atoms with Crippen LogP contribution in [0.2, 0.25) is 0 Å². The molecule has 1 N–H and O–H groups in total. The van der Waals surface area contributed by atoms with Crippen molar-refractivity contribution in [3.63, 3.8) is 0 Å². The van der Waals surface area contributed by atoms with Gasteiger partial charge in [-0.05, 0) is 49.9 Å². The summed E-state index contributed by atoms with van der Waals surface area (Å²) in [5.41, 5.74) is 2.58. The Morgan fingerprint density at radius 3 is 2.90 bits per heavy atom. The Balaban J connectivity index is 1.90. The van der Waals surface area contributed by atoms with Crippen molar-refractivity contribution in [1.29, 1.82) is 0 Å². The van der Waals surface area contributed by atoms with Crippen molar-refractivity contribution in [2.75, 3.05) is 26.7 Å². The molecule has 0 bridgehead atoms. The van der Waals surface area contributed by atoms with Gasteiger partial charge in [-0.25, -0.2) is 0 Å². The molecule has 1 amide bonds. The van der Waals surface area contributed by atoms with E-state index in [1.165, 1.54) is 11.1 Å². The van der Waals surface area contributed by atoms with E-state index in [-0.39, 0.29) is 0 Å². The van der Waals surface area contributed by atoms with Gasteiger partial charge in [0.05, 0.1) is 0 Å². The molecular weight excluding hydrogens is 248 g/mol. The Labute approximate surface area is 122 Å². The first-order valence-electron chi connectivity index (χ1n) is 7.59. The highest BCUT2D eigenvalue weighted by molar-refractivity contribution is 5.77. The van der Waals surface area contributed by atoms with E-state index >= 15 is 0 Å². The van der Waals surface area contributed by atoms with Gasteiger partial charge in [0.25, 0.3) is 0 Å². The Hall–Kier alpha value is -1.35. The maximum Gasteiger partial charge on any atom is 0.223 e. The van der Waals surface area contributed by atoms with Gasteiger partial charge in [0.2, 0.25) is 5.91 Å². The van der Waals surface area contributed by atoms with Crippen LogP contribution in [-0.4, -0.2) is 37.5 Å². The van der Waals surface area contributed by atoms with E-state index in [0.29, 0.717) is 24.2 Å². The first kappa shape index (κ1) is 15.0. The first-order valence-corrected chi connectivity index (χ1v) is 7.59. The summed E-state index contributed by atoms with van der Waals surface area (Å²) in [6.45, 7) is 7.12. The molecule has 1 saturated heterocycles. The molecule has 0 aliphatic carbocycles. The SMILES string of the molecule is CNC[C@@H]1CCN(C(=O)C[C@H](C)c2ccccc2C)C1. The number of hydrogen-bond acceptors (Lipinski definition) is 2. The second kappa shape index (κ2) is 6.89. The largest absolute Gasteiger partial charge is 0.342 e. The normalized spacial score (nSPS) is 20.1. The summed E-state index contributed by atoms with van der Waals surface area (Å²) in [7, 11) is 1.98. The second-order valence-electron chi connectivity index (χ2n) is 6.01. The number of rotatable bonds is 5. The van der Waals surface area contributed by atoms with Crippen molar-refractivity contribution in [1.82, 2.24) is 10.2 Å². The fraction of sp³-hybridized carbons (Fsp3) is 0.588. The van der Waals surface area contributed by atoms with Crippen LogP contribution >= 0.6 is 0 Å². The molecular formula is C17H26N2O. The Bertz CT molecular complexity index is 458. The van der Waals surface area contributed by atoms with Gasteiger partial charge in [-0.1, -0.05) is 31.2 Å². The van der Waals surface area contributed by atoms with Crippen LogP contribution in [0.5, 0.6) is 0 Å². The van der Waals surface area contributed by atoms with Gasteiger partial charge >= 0.3 is 0 Å². The number of likely N-dealkylation sites (tertiary alicyclic amines) is 1. The molecule has 1 aromatic rings. The number of aryl methyl sites for hydroxylation is 1. The van der Waals surface area contributed by atoms with Crippen molar-refractivity contribution in [3.05, 3.63) is 35.4 Å². The topological polar surface area (TPSA) is 32.3 Å². The predicted octanol–water partition coefficient (Wildman–Crippen LogP) is 2.56. The van der Waals surface area contributed by atoms with Crippen LogP contribution in [0.25, 0.3) is 0 Å². The Morgan fingerprint density at radius 2 is 2.20 bits per heavy atom. The third-order valence-corrected chi connectivity index (χ3v) is 4.33. The number of carbonyl (C=O) groups excluding carboxylic acids is 1. The molecule has 2 atom stereocenters. The molecule has 1 aromatic carbocycles. The summed E-state index contributed by atoms with van der Waals surface area (Å²) in [6.07, 6.45) is 1.75. The molecule has 0 unspecified atom stereocenters. The molecule has 0 radical (unpaired) electrons. The van der Waals surface area contributed by atoms with Crippen LogP contribution in [-0.2, 0) is 4.79 Å². The number of carbonyl (C=O) groups is 1. The fourth-order valence-electron chi connectivity index (χ4n) is 3.16. The lowest BCUT2D eigenvalue weighted by molar-refractivity contribution is -0.130. The minimum Gasteiger partial charge on any atom is -0.342 e. The highest BCUT2D eigenvalue weighted by Crippen LogP contribution is 2.25. The molecule has 1 fully saturated rings. The van der Waals surface area contributed by atoms with E-state index in [0.717, 1.165) is 26.1 Å². The fourth-order valence-corrected chi connectivity index (χ4v) is 3.16. The molecule has 1 aliphatic rings. The van der Waals surface area contributed by atoms with Crippen molar-refractivity contribution >= 4 is 5.91 Å². The van der Waals surface area contributed by atoms with E-state index in [2.05, 4.69) is 43.4 Å². The average Bonchev–Trinajstić information content (AvgIpc) is 2.88. The van der Waals surface area contributed by atoms with Gasteiger partial charge in [0, 0.05) is 19.5 Å². The molecule has 1 heterocycles. The van der Waals surface area contributed by atoms with Gasteiger partial charge in [0.1, 0.15) is 0 Å². The quantitative estimate of drug-likeness (QED) is 0.895. The predicted molar refractivity (Wildman–Crippen MR) is 82.8 cm³/mol. The smallest absolute Gasteiger partial charge is 0.223 e. The Morgan fingerprint density at radius 1 is 1.45 bits per heavy atom. The molecule has 0 aromatic heterocycles. The third kappa shape index (κ3) is 3.60. The number of amides is 1.